The van der Waals surface area contributed by atoms with Crippen LogP contribution in [0.5, 0.6) is 0 Å². The van der Waals surface area contributed by atoms with Crippen LogP contribution in [0.3, 0.4) is 0 Å². The molecule has 0 radical (unpaired) electrons. The van der Waals surface area contributed by atoms with Crippen LogP contribution in [0.15, 0.2) is 23.0 Å². The van der Waals surface area contributed by atoms with Crippen LogP contribution in [0.4, 0.5) is 9.18 Å². The van der Waals surface area contributed by atoms with Crippen molar-refractivity contribution < 1.29 is 14.3 Å². The molecule has 0 saturated carbocycles. The third-order valence-electron chi connectivity index (χ3n) is 3.80. The number of H-pyrrole nitrogens is 1. The number of carboxylic acid groups (broad SMARTS) is 1. The fourth-order valence-electron chi connectivity index (χ4n) is 2.79. The predicted molar refractivity (Wildman–Crippen MR) is 70.4 cm³/mol. The number of carbonyl (C=O) groups is 1. The van der Waals surface area contributed by atoms with Crippen LogP contribution in [-0.4, -0.2) is 38.7 Å². The molecule has 6 nitrogen and oxygen atoms in total. The van der Waals surface area contributed by atoms with Gasteiger partial charge in [-0.25, -0.2) is 14.0 Å². The van der Waals surface area contributed by atoms with Crippen LogP contribution < -0.4 is 5.69 Å². The smallest absolute Gasteiger partial charge is 0.407 e. The molecule has 20 heavy (non-hydrogen) atoms. The van der Waals surface area contributed by atoms with Gasteiger partial charge in [0.1, 0.15) is 11.3 Å². The summed E-state index contributed by atoms with van der Waals surface area (Å²) in [4.78, 5) is 26.7. The second-order valence-electron chi connectivity index (χ2n) is 4.93. The van der Waals surface area contributed by atoms with Gasteiger partial charge in [-0.05, 0) is 25.0 Å². The van der Waals surface area contributed by atoms with Gasteiger partial charge in [-0.1, -0.05) is 6.07 Å². The lowest BCUT2D eigenvalue weighted by molar-refractivity contribution is 0.125. The van der Waals surface area contributed by atoms with Gasteiger partial charge in [-0.2, -0.15) is 0 Å². The number of rotatable bonds is 1. The fourth-order valence-corrected chi connectivity index (χ4v) is 2.79. The Bertz CT molecular complexity index is 713. The Morgan fingerprint density at radius 1 is 1.35 bits per heavy atom. The molecule has 1 aliphatic rings. The number of hydrogen-bond donors (Lipinski definition) is 2. The van der Waals surface area contributed by atoms with E-state index < -0.39 is 11.9 Å². The Morgan fingerprint density at radius 3 is 2.70 bits per heavy atom. The molecular formula is C13H14FN3O3. The van der Waals surface area contributed by atoms with Crippen molar-refractivity contribution in [3.8, 4) is 0 Å². The largest absolute Gasteiger partial charge is 0.465 e. The highest BCUT2D eigenvalue weighted by molar-refractivity contribution is 5.76. The maximum Gasteiger partial charge on any atom is 0.407 e. The Morgan fingerprint density at radius 2 is 2.05 bits per heavy atom. The van der Waals surface area contributed by atoms with Gasteiger partial charge in [0.15, 0.2) is 0 Å². The van der Waals surface area contributed by atoms with Crippen LogP contribution >= 0.6 is 0 Å². The second-order valence-corrected chi connectivity index (χ2v) is 4.93. The fraction of sp³-hybridized carbons (Fsp3) is 0.385. The number of aromatic amines is 1. The molecule has 1 fully saturated rings. The maximum atomic E-state index is 13.6. The zero-order valence-corrected chi connectivity index (χ0v) is 10.7. The summed E-state index contributed by atoms with van der Waals surface area (Å²) < 4.78 is 15.2. The van der Waals surface area contributed by atoms with Crippen molar-refractivity contribution >= 4 is 17.1 Å². The summed E-state index contributed by atoms with van der Waals surface area (Å²) in [5.41, 5.74) is 0.390. The number of halogens is 1. The highest BCUT2D eigenvalue weighted by Gasteiger charge is 2.26. The van der Waals surface area contributed by atoms with E-state index in [0.717, 1.165) is 0 Å². The number of benzene rings is 1. The minimum atomic E-state index is -0.944. The van der Waals surface area contributed by atoms with Crippen molar-refractivity contribution in [3.05, 3.63) is 34.5 Å². The lowest BCUT2D eigenvalue weighted by Gasteiger charge is -2.30. The molecule has 3 rings (SSSR count). The van der Waals surface area contributed by atoms with Gasteiger partial charge in [0.25, 0.3) is 0 Å². The highest BCUT2D eigenvalue weighted by atomic mass is 19.1. The number of likely N-dealkylation sites (tertiary alicyclic amines) is 1. The van der Waals surface area contributed by atoms with E-state index in [4.69, 9.17) is 5.11 Å². The molecule has 1 amide bonds. The van der Waals surface area contributed by atoms with Crippen molar-refractivity contribution in [3.63, 3.8) is 0 Å². The van der Waals surface area contributed by atoms with Crippen LogP contribution in [-0.2, 0) is 0 Å². The average Bonchev–Trinajstić information content (AvgIpc) is 2.77. The monoisotopic (exact) mass is 279 g/mol. The summed E-state index contributed by atoms with van der Waals surface area (Å²) in [7, 11) is 0. The van der Waals surface area contributed by atoms with Crippen LogP contribution in [0.25, 0.3) is 11.0 Å². The molecule has 0 aliphatic carbocycles. The number of fused-ring (bicyclic) bond motifs is 1. The molecule has 1 aliphatic heterocycles. The third kappa shape index (κ3) is 1.95. The van der Waals surface area contributed by atoms with Gasteiger partial charge < -0.3 is 15.0 Å². The molecule has 2 aromatic rings. The van der Waals surface area contributed by atoms with Gasteiger partial charge in [-0.15, -0.1) is 0 Å². The van der Waals surface area contributed by atoms with E-state index in [1.54, 1.807) is 12.1 Å². The van der Waals surface area contributed by atoms with Gasteiger partial charge >= 0.3 is 11.8 Å². The first-order valence-electron chi connectivity index (χ1n) is 6.44. The zero-order chi connectivity index (χ0) is 14.3. The number of piperidine rings is 1. The zero-order valence-electron chi connectivity index (χ0n) is 10.7. The predicted octanol–water partition coefficient (Wildman–Crippen LogP) is 1.78. The Hall–Kier alpha value is -2.31. The van der Waals surface area contributed by atoms with E-state index >= 15 is 0 Å². The van der Waals surface area contributed by atoms with Gasteiger partial charge in [0.2, 0.25) is 0 Å². The molecule has 1 aromatic carbocycles. The Kier molecular flexibility index (Phi) is 2.96. The molecule has 0 atom stereocenters. The molecule has 2 N–H and O–H groups in total. The van der Waals surface area contributed by atoms with E-state index in [0.29, 0.717) is 31.4 Å². The van der Waals surface area contributed by atoms with E-state index in [2.05, 4.69) is 4.98 Å². The van der Waals surface area contributed by atoms with E-state index in [1.807, 2.05) is 0 Å². The minimum Gasteiger partial charge on any atom is -0.465 e. The first kappa shape index (κ1) is 12.7. The second kappa shape index (κ2) is 4.66. The number of imidazole rings is 1. The third-order valence-corrected chi connectivity index (χ3v) is 3.80. The first-order valence-corrected chi connectivity index (χ1v) is 6.44. The molecule has 1 aromatic heterocycles. The minimum absolute atomic E-state index is 0.103. The summed E-state index contributed by atoms with van der Waals surface area (Å²) in [6, 6.07) is 4.46. The summed E-state index contributed by atoms with van der Waals surface area (Å²) in [6.07, 6.45) is 0.159. The van der Waals surface area contributed by atoms with E-state index in [1.165, 1.54) is 15.5 Å². The normalized spacial score (nSPS) is 16.8. The topological polar surface area (TPSA) is 78.3 Å². The molecule has 7 heteroatoms. The lowest BCUT2D eigenvalue weighted by Crippen LogP contribution is -2.39. The van der Waals surface area contributed by atoms with Gasteiger partial charge in [0, 0.05) is 19.1 Å². The molecule has 1 saturated heterocycles. The molecule has 2 heterocycles. The number of aromatic nitrogens is 2. The summed E-state index contributed by atoms with van der Waals surface area (Å²) >= 11 is 0. The molecule has 0 bridgehead atoms. The maximum absolute atomic E-state index is 13.6. The number of hydrogen-bond acceptors (Lipinski definition) is 2. The average molecular weight is 279 g/mol. The molecular weight excluding hydrogens is 265 g/mol. The van der Waals surface area contributed by atoms with Crippen molar-refractivity contribution in [2.75, 3.05) is 13.1 Å². The van der Waals surface area contributed by atoms with Crippen LogP contribution in [0.1, 0.15) is 18.9 Å². The summed E-state index contributed by atoms with van der Waals surface area (Å²) in [6.45, 7) is 0.767. The van der Waals surface area contributed by atoms with Crippen molar-refractivity contribution in [2.24, 2.45) is 0 Å². The summed E-state index contributed by atoms with van der Waals surface area (Å²) in [5.74, 6) is -0.457. The Labute approximate surface area is 113 Å². The SMILES string of the molecule is O=C(O)N1CCC(n2c(=O)[nH]c3c(F)cccc32)CC1. The van der Waals surface area contributed by atoms with Gasteiger partial charge in [0.05, 0.1) is 5.52 Å². The number of para-hydroxylation sites is 1. The molecule has 0 spiro atoms. The van der Waals surface area contributed by atoms with Crippen molar-refractivity contribution in [2.45, 2.75) is 18.9 Å². The van der Waals surface area contributed by atoms with Crippen LogP contribution in [0, 0.1) is 5.82 Å². The van der Waals surface area contributed by atoms with E-state index in [9.17, 15) is 14.0 Å². The molecule has 106 valence electrons. The van der Waals surface area contributed by atoms with Crippen molar-refractivity contribution in [1.29, 1.82) is 0 Å². The number of nitrogens with zero attached hydrogens (tertiary/aromatic N) is 2. The lowest BCUT2D eigenvalue weighted by atomic mass is 10.0. The first-order chi connectivity index (χ1) is 9.58. The van der Waals surface area contributed by atoms with Gasteiger partial charge in [-0.3, -0.25) is 4.57 Å². The van der Waals surface area contributed by atoms with Crippen LogP contribution in [0.2, 0.25) is 0 Å². The standard InChI is InChI=1S/C13H14FN3O3/c14-9-2-1-3-10-11(9)15-12(18)17(10)8-4-6-16(7-5-8)13(19)20/h1-3,8H,4-7H2,(H,15,18)(H,19,20). The molecule has 0 unspecified atom stereocenters. The quantitative estimate of drug-likeness (QED) is 0.835. The highest BCUT2D eigenvalue weighted by Crippen LogP contribution is 2.25. The Balaban J connectivity index is 1.96. The number of amides is 1. The summed E-state index contributed by atoms with van der Waals surface area (Å²) in [5, 5.41) is 8.92. The van der Waals surface area contributed by atoms with Crippen molar-refractivity contribution in [1.82, 2.24) is 14.5 Å². The number of nitrogens with one attached hydrogen (secondary N) is 1. The van der Waals surface area contributed by atoms with E-state index in [-0.39, 0.29) is 17.2 Å².